The molecule has 0 aliphatic rings. The average molecular weight is 367 g/mol. The lowest BCUT2D eigenvalue weighted by Gasteiger charge is -2.17. The van der Waals surface area contributed by atoms with Gasteiger partial charge in [0.15, 0.2) is 11.5 Å². The van der Waals surface area contributed by atoms with Crippen molar-refractivity contribution < 1.29 is 19.0 Å². The standard InChI is InChI=1S/C21H21NO5/c1-22-17(9-13-7-5-6-8-15(13)21(22)24)16-12-19(26-3)18(25-2)10-14(16)11-20(23)27-4/h5-10,12H,11H2,1-4H3. The Hall–Kier alpha value is -3.28. The van der Waals surface area contributed by atoms with Crippen molar-refractivity contribution in [3.8, 4) is 22.8 Å². The van der Waals surface area contributed by atoms with Crippen LogP contribution in [0.5, 0.6) is 11.5 Å². The highest BCUT2D eigenvalue weighted by atomic mass is 16.5. The summed E-state index contributed by atoms with van der Waals surface area (Å²) in [6.07, 6.45) is 0.0488. The third-order valence-electron chi connectivity index (χ3n) is 4.60. The molecule has 0 spiro atoms. The van der Waals surface area contributed by atoms with Gasteiger partial charge in [-0.25, -0.2) is 0 Å². The lowest BCUT2D eigenvalue weighted by atomic mass is 9.98. The zero-order valence-electron chi connectivity index (χ0n) is 15.7. The van der Waals surface area contributed by atoms with Crippen LogP contribution >= 0.6 is 0 Å². The van der Waals surface area contributed by atoms with E-state index in [1.54, 1.807) is 36.9 Å². The monoisotopic (exact) mass is 367 g/mol. The maximum Gasteiger partial charge on any atom is 0.310 e. The topological polar surface area (TPSA) is 66.8 Å². The van der Waals surface area contributed by atoms with Crippen molar-refractivity contribution in [2.24, 2.45) is 7.05 Å². The summed E-state index contributed by atoms with van der Waals surface area (Å²) in [6, 6.07) is 12.9. The molecule has 0 aliphatic carbocycles. The Labute approximate surface area is 156 Å². The number of nitrogens with zero attached hydrogens (tertiary/aromatic N) is 1. The third-order valence-corrected chi connectivity index (χ3v) is 4.60. The Balaban J connectivity index is 2.32. The number of pyridine rings is 1. The first-order chi connectivity index (χ1) is 13.0. The van der Waals surface area contributed by atoms with Crippen LogP contribution in [0.25, 0.3) is 22.0 Å². The number of hydrogen-bond acceptors (Lipinski definition) is 5. The summed E-state index contributed by atoms with van der Waals surface area (Å²) < 4.78 is 17.2. The summed E-state index contributed by atoms with van der Waals surface area (Å²) in [4.78, 5) is 24.7. The second kappa shape index (κ2) is 7.53. The molecule has 3 aromatic rings. The molecule has 0 aliphatic heterocycles. The predicted octanol–water partition coefficient (Wildman–Crippen LogP) is 2.94. The molecule has 0 unspecified atom stereocenters. The quantitative estimate of drug-likeness (QED) is 0.649. The van der Waals surface area contributed by atoms with Crippen molar-refractivity contribution in [3.05, 3.63) is 58.4 Å². The number of aromatic nitrogens is 1. The molecule has 0 atom stereocenters. The van der Waals surface area contributed by atoms with Crippen LogP contribution in [-0.2, 0) is 23.0 Å². The number of benzene rings is 2. The van der Waals surface area contributed by atoms with E-state index in [-0.39, 0.29) is 17.9 Å². The fraction of sp³-hybridized carbons (Fsp3) is 0.238. The van der Waals surface area contributed by atoms with Crippen LogP contribution in [0.2, 0.25) is 0 Å². The Bertz CT molecular complexity index is 1070. The van der Waals surface area contributed by atoms with E-state index in [1.165, 1.54) is 14.2 Å². The van der Waals surface area contributed by atoms with Crippen molar-refractivity contribution >= 4 is 16.7 Å². The minimum absolute atomic E-state index is 0.0488. The van der Waals surface area contributed by atoms with Gasteiger partial charge in [-0.2, -0.15) is 0 Å². The largest absolute Gasteiger partial charge is 0.493 e. The Morgan fingerprint density at radius 2 is 1.67 bits per heavy atom. The molecule has 0 radical (unpaired) electrons. The highest BCUT2D eigenvalue weighted by molar-refractivity contribution is 5.87. The zero-order valence-corrected chi connectivity index (χ0v) is 15.7. The van der Waals surface area contributed by atoms with Gasteiger partial charge in [0.1, 0.15) is 0 Å². The van der Waals surface area contributed by atoms with Crippen molar-refractivity contribution in [1.82, 2.24) is 4.57 Å². The van der Waals surface area contributed by atoms with E-state index in [9.17, 15) is 9.59 Å². The third kappa shape index (κ3) is 3.38. The smallest absolute Gasteiger partial charge is 0.310 e. The number of rotatable bonds is 5. The minimum Gasteiger partial charge on any atom is -0.493 e. The van der Waals surface area contributed by atoms with Gasteiger partial charge in [-0.3, -0.25) is 9.59 Å². The second-order valence-corrected chi connectivity index (χ2v) is 6.10. The number of methoxy groups -OCH3 is 3. The first-order valence-electron chi connectivity index (χ1n) is 8.41. The number of fused-ring (bicyclic) bond motifs is 1. The SMILES string of the molecule is COC(=O)Cc1cc(OC)c(OC)cc1-c1cc2ccccc2c(=O)n1C. The number of ether oxygens (including phenoxy) is 3. The second-order valence-electron chi connectivity index (χ2n) is 6.10. The van der Waals surface area contributed by atoms with Gasteiger partial charge in [0.25, 0.3) is 5.56 Å². The summed E-state index contributed by atoms with van der Waals surface area (Å²) >= 11 is 0. The predicted molar refractivity (Wildman–Crippen MR) is 103 cm³/mol. The van der Waals surface area contributed by atoms with Crippen LogP contribution in [0.4, 0.5) is 0 Å². The molecule has 0 fully saturated rings. The lowest BCUT2D eigenvalue weighted by Crippen LogP contribution is -2.19. The van der Waals surface area contributed by atoms with Gasteiger partial charge in [0.2, 0.25) is 0 Å². The van der Waals surface area contributed by atoms with Crippen molar-refractivity contribution in [2.45, 2.75) is 6.42 Å². The Morgan fingerprint density at radius 3 is 2.33 bits per heavy atom. The van der Waals surface area contributed by atoms with Crippen molar-refractivity contribution in [2.75, 3.05) is 21.3 Å². The first kappa shape index (κ1) is 18.5. The van der Waals surface area contributed by atoms with Gasteiger partial charge >= 0.3 is 5.97 Å². The van der Waals surface area contributed by atoms with E-state index in [2.05, 4.69) is 0 Å². The van der Waals surface area contributed by atoms with Crippen LogP contribution in [0.3, 0.4) is 0 Å². The van der Waals surface area contributed by atoms with Gasteiger partial charge in [-0.15, -0.1) is 0 Å². The Morgan fingerprint density at radius 1 is 1.00 bits per heavy atom. The van der Waals surface area contributed by atoms with Crippen LogP contribution in [-0.4, -0.2) is 31.9 Å². The van der Waals surface area contributed by atoms with Gasteiger partial charge in [-0.05, 0) is 35.2 Å². The number of esters is 1. The fourth-order valence-corrected chi connectivity index (χ4v) is 3.14. The molecule has 6 nitrogen and oxygen atoms in total. The van der Waals surface area contributed by atoms with Gasteiger partial charge in [0.05, 0.1) is 33.4 Å². The molecule has 1 heterocycles. The van der Waals surface area contributed by atoms with Crippen molar-refractivity contribution in [3.63, 3.8) is 0 Å². The number of carbonyl (C=O) groups excluding carboxylic acids is 1. The van der Waals surface area contributed by atoms with Gasteiger partial charge < -0.3 is 18.8 Å². The molecule has 0 bridgehead atoms. The maximum absolute atomic E-state index is 12.8. The number of hydrogen-bond donors (Lipinski definition) is 0. The number of carbonyl (C=O) groups is 1. The summed E-state index contributed by atoms with van der Waals surface area (Å²) in [5, 5.41) is 1.47. The molecule has 0 amide bonds. The molecule has 0 saturated heterocycles. The summed E-state index contributed by atoms with van der Waals surface area (Å²) in [6.45, 7) is 0. The molecule has 0 saturated carbocycles. The van der Waals surface area contributed by atoms with E-state index in [0.29, 0.717) is 33.7 Å². The van der Waals surface area contributed by atoms with E-state index < -0.39 is 0 Å². The van der Waals surface area contributed by atoms with E-state index >= 15 is 0 Å². The molecule has 2 aromatic carbocycles. The molecule has 6 heteroatoms. The molecule has 3 rings (SSSR count). The fourth-order valence-electron chi connectivity index (χ4n) is 3.14. The van der Waals surface area contributed by atoms with Crippen LogP contribution in [0.1, 0.15) is 5.56 Å². The van der Waals surface area contributed by atoms with E-state index in [1.807, 2.05) is 24.3 Å². The minimum atomic E-state index is -0.380. The van der Waals surface area contributed by atoms with E-state index in [0.717, 1.165) is 5.39 Å². The van der Waals surface area contributed by atoms with Gasteiger partial charge in [-0.1, -0.05) is 18.2 Å². The maximum atomic E-state index is 12.8. The summed E-state index contributed by atoms with van der Waals surface area (Å²) in [5.41, 5.74) is 1.97. The lowest BCUT2D eigenvalue weighted by molar-refractivity contribution is -0.139. The highest BCUT2D eigenvalue weighted by Gasteiger charge is 2.18. The van der Waals surface area contributed by atoms with E-state index in [4.69, 9.17) is 14.2 Å². The van der Waals surface area contributed by atoms with Gasteiger partial charge in [0, 0.05) is 18.0 Å². The van der Waals surface area contributed by atoms with Crippen molar-refractivity contribution in [1.29, 1.82) is 0 Å². The van der Waals surface area contributed by atoms with Crippen LogP contribution in [0.15, 0.2) is 47.3 Å². The van der Waals surface area contributed by atoms with Crippen LogP contribution < -0.4 is 15.0 Å². The summed E-state index contributed by atoms with van der Waals surface area (Å²) in [5.74, 6) is 0.641. The molecule has 1 aromatic heterocycles. The highest BCUT2D eigenvalue weighted by Crippen LogP contribution is 2.36. The zero-order chi connectivity index (χ0) is 19.6. The molecule has 27 heavy (non-hydrogen) atoms. The summed E-state index contributed by atoms with van der Waals surface area (Å²) in [7, 11) is 6.13. The molecule has 140 valence electrons. The molecular formula is C21H21NO5. The molecular weight excluding hydrogens is 346 g/mol. The van der Waals surface area contributed by atoms with Crippen LogP contribution in [0, 0.1) is 0 Å². The first-order valence-corrected chi connectivity index (χ1v) is 8.41. The Kier molecular flexibility index (Phi) is 5.16. The molecule has 0 N–H and O–H groups in total. The normalized spacial score (nSPS) is 10.7. The average Bonchev–Trinajstić information content (AvgIpc) is 2.70.